The van der Waals surface area contributed by atoms with Crippen LogP contribution >= 0.6 is 0 Å². The molecule has 0 bridgehead atoms. The normalized spacial score (nSPS) is 20.1. The number of benzene rings is 3. The maximum Gasteiger partial charge on any atom is 0.258 e. The van der Waals surface area contributed by atoms with Gasteiger partial charge >= 0.3 is 0 Å². The van der Waals surface area contributed by atoms with Crippen LogP contribution in [-0.2, 0) is 16.0 Å². The molecule has 0 saturated heterocycles. The van der Waals surface area contributed by atoms with Gasteiger partial charge in [-0.05, 0) is 69.0 Å². The van der Waals surface area contributed by atoms with Gasteiger partial charge in [-0.15, -0.1) is 0 Å². The maximum atomic E-state index is 14.3. The van der Waals surface area contributed by atoms with Crippen LogP contribution in [-0.4, -0.2) is 84.2 Å². The Kier molecular flexibility index (Phi) is 12.7. The molecule has 3 aromatic rings. The molecule has 46 heavy (non-hydrogen) atoms. The Balaban J connectivity index is 1.60. The van der Waals surface area contributed by atoms with Crippen LogP contribution in [0.3, 0.4) is 0 Å². The number of carbonyl (C=O) groups excluding carboxylic acids is 3. The summed E-state index contributed by atoms with van der Waals surface area (Å²) in [6, 6.07) is 23.1. The summed E-state index contributed by atoms with van der Waals surface area (Å²) in [5, 5.41) is 13.1. The van der Waals surface area contributed by atoms with Gasteiger partial charge in [-0.2, -0.15) is 0 Å². The molecule has 9 nitrogen and oxygen atoms in total. The van der Waals surface area contributed by atoms with Crippen LogP contribution in [0.5, 0.6) is 5.75 Å². The van der Waals surface area contributed by atoms with E-state index in [0.717, 1.165) is 24.8 Å². The molecule has 4 atom stereocenters. The quantitative estimate of drug-likeness (QED) is 0.344. The molecular weight excluding hydrogens is 582 g/mol. The van der Waals surface area contributed by atoms with Crippen LogP contribution in [0.25, 0.3) is 0 Å². The van der Waals surface area contributed by atoms with Crippen molar-refractivity contribution >= 4 is 23.4 Å². The lowest BCUT2D eigenvalue weighted by molar-refractivity contribution is -0.131. The number of nitrogens with zero attached hydrogens (tertiary/aromatic N) is 2. The smallest absolute Gasteiger partial charge is 0.258 e. The molecule has 0 saturated carbocycles. The first-order valence-corrected chi connectivity index (χ1v) is 16.1. The number of rotatable bonds is 8. The van der Waals surface area contributed by atoms with E-state index < -0.39 is 6.04 Å². The van der Waals surface area contributed by atoms with Crippen molar-refractivity contribution in [3.63, 3.8) is 0 Å². The van der Waals surface area contributed by atoms with Crippen molar-refractivity contribution < 1.29 is 29.0 Å². The third kappa shape index (κ3) is 9.64. The van der Waals surface area contributed by atoms with Gasteiger partial charge in [0, 0.05) is 43.9 Å². The lowest BCUT2D eigenvalue weighted by Gasteiger charge is -2.36. The topological polar surface area (TPSA) is 108 Å². The molecular formula is C37H47N3O6. The second-order valence-corrected chi connectivity index (χ2v) is 12.3. The van der Waals surface area contributed by atoms with Crippen molar-refractivity contribution in [2.75, 3.05) is 38.7 Å². The van der Waals surface area contributed by atoms with Crippen molar-refractivity contribution in [1.82, 2.24) is 9.80 Å². The van der Waals surface area contributed by atoms with Crippen LogP contribution in [0.2, 0.25) is 0 Å². The van der Waals surface area contributed by atoms with Gasteiger partial charge in [-0.25, -0.2) is 0 Å². The zero-order valence-electron chi connectivity index (χ0n) is 27.4. The van der Waals surface area contributed by atoms with Gasteiger partial charge < -0.3 is 29.7 Å². The summed E-state index contributed by atoms with van der Waals surface area (Å²) in [6.45, 7) is 6.70. The van der Waals surface area contributed by atoms with Crippen molar-refractivity contribution in [1.29, 1.82) is 0 Å². The van der Waals surface area contributed by atoms with Crippen molar-refractivity contribution in [3.8, 4) is 5.75 Å². The van der Waals surface area contributed by atoms with Gasteiger partial charge in [0.1, 0.15) is 5.75 Å². The summed E-state index contributed by atoms with van der Waals surface area (Å²) in [6.07, 6.45) is 2.25. The predicted molar refractivity (Wildman–Crippen MR) is 179 cm³/mol. The molecule has 0 aliphatic carbocycles. The maximum absolute atomic E-state index is 14.3. The summed E-state index contributed by atoms with van der Waals surface area (Å²) in [4.78, 5) is 43.7. The number of aliphatic hydroxyl groups is 1. The number of hydrogen-bond acceptors (Lipinski definition) is 6. The summed E-state index contributed by atoms with van der Waals surface area (Å²) >= 11 is 0. The first kappa shape index (κ1) is 34.7. The minimum Gasteiger partial charge on any atom is -0.490 e. The lowest BCUT2D eigenvalue weighted by atomic mass is 10.0. The van der Waals surface area contributed by atoms with E-state index in [2.05, 4.69) is 5.32 Å². The largest absolute Gasteiger partial charge is 0.490 e. The van der Waals surface area contributed by atoms with E-state index in [9.17, 15) is 19.5 Å². The first-order valence-electron chi connectivity index (χ1n) is 16.1. The van der Waals surface area contributed by atoms with Crippen molar-refractivity contribution in [2.24, 2.45) is 5.92 Å². The average molecular weight is 630 g/mol. The Morgan fingerprint density at radius 3 is 2.41 bits per heavy atom. The minimum absolute atomic E-state index is 0.0111. The number of anilines is 1. The standard InChI is InChI=1S/C37H47N3O6/c1-26-23-40(27(2)25-41)37(44)32-22-31(38-36(43)30-16-9-6-10-17-30)18-19-33(32)46-28(3)13-11-12-20-45-34(26)24-39(4)35(42)21-29-14-7-5-8-15-29/h5-10,14-19,22,26-28,34,41H,11-13,20-21,23-25H2,1-4H3,(H,38,43)/t26-,27+,28+,34-/m0/s1. The van der Waals surface area contributed by atoms with E-state index in [1.807, 2.05) is 50.2 Å². The molecule has 0 spiro atoms. The highest BCUT2D eigenvalue weighted by Crippen LogP contribution is 2.29. The van der Waals surface area contributed by atoms with Gasteiger partial charge in [0.2, 0.25) is 5.91 Å². The second-order valence-electron chi connectivity index (χ2n) is 12.3. The molecule has 9 heteroatoms. The molecule has 0 fully saturated rings. The van der Waals surface area contributed by atoms with E-state index in [4.69, 9.17) is 9.47 Å². The number of amides is 3. The van der Waals surface area contributed by atoms with Gasteiger partial charge in [0.15, 0.2) is 0 Å². The Hall–Kier alpha value is -4.21. The van der Waals surface area contributed by atoms with E-state index in [0.29, 0.717) is 42.1 Å². The molecule has 4 rings (SSSR count). The van der Waals surface area contributed by atoms with Gasteiger partial charge in [-0.1, -0.05) is 55.5 Å². The van der Waals surface area contributed by atoms with Crippen molar-refractivity contribution in [3.05, 3.63) is 95.6 Å². The fraction of sp³-hybridized carbons (Fsp3) is 0.432. The Labute approximate surface area is 272 Å². The zero-order chi connectivity index (χ0) is 33.1. The van der Waals surface area contributed by atoms with Gasteiger partial charge in [0.05, 0.1) is 36.8 Å². The summed E-state index contributed by atoms with van der Waals surface area (Å²) < 4.78 is 12.7. The summed E-state index contributed by atoms with van der Waals surface area (Å²) in [5.41, 5.74) is 2.21. The van der Waals surface area contributed by atoms with Crippen LogP contribution in [0, 0.1) is 5.92 Å². The second kappa shape index (κ2) is 16.9. The highest BCUT2D eigenvalue weighted by molar-refractivity contribution is 6.05. The monoisotopic (exact) mass is 629 g/mol. The molecule has 0 radical (unpaired) electrons. The molecule has 246 valence electrons. The number of aliphatic hydroxyl groups excluding tert-OH is 1. The number of carbonyl (C=O) groups is 3. The van der Waals surface area contributed by atoms with Crippen LogP contribution in [0.4, 0.5) is 5.69 Å². The van der Waals surface area contributed by atoms with Crippen LogP contribution in [0.1, 0.15) is 66.3 Å². The molecule has 1 aliphatic heterocycles. The number of ether oxygens (including phenoxy) is 2. The van der Waals surface area contributed by atoms with E-state index in [1.54, 1.807) is 66.2 Å². The Morgan fingerprint density at radius 2 is 1.72 bits per heavy atom. The number of fused-ring (bicyclic) bond motifs is 1. The third-order valence-electron chi connectivity index (χ3n) is 8.42. The summed E-state index contributed by atoms with van der Waals surface area (Å²) in [5.74, 6) is -0.367. The SMILES string of the molecule is C[C@@H]1CCCCO[C@@H](CN(C)C(=O)Cc2ccccc2)[C@@H](C)CN([C@H](C)CO)C(=O)c2cc(NC(=O)c3ccccc3)ccc2O1. The minimum atomic E-state index is -0.506. The zero-order valence-corrected chi connectivity index (χ0v) is 27.4. The highest BCUT2D eigenvalue weighted by Gasteiger charge is 2.31. The molecule has 1 heterocycles. The molecule has 1 aliphatic rings. The molecule has 2 N–H and O–H groups in total. The van der Waals surface area contributed by atoms with E-state index in [-0.39, 0.29) is 49.0 Å². The predicted octanol–water partition coefficient (Wildman–Crippen LogP) is 5.44. The number of likely N-dealkylation sites (N-methyl/N-ethyl adjacent to an activating group) is 1. The van der Waals surface area contributed by atoms with E-state index >= 15 is 0 Å². The van der Waals surface area contributed by atoms with Crippen LogP contribution in [0.15, 0.2) is 78.9 Å². The van der Waals surface area contributed by atoms with Crippen molar-refractivity contribution in [2.45, 2.75) is 64.7 Å². The molecule has 3 aromatic carbocycles. The highest BCUT2D eigenvalue weighted by atomic mass is 16.5. The Bertz CT molecular complexity index is 1430. The fourth-order valence-corrected chi connectivity index (χ4v) is 5.53. The van der Waals surface area contributed by atoms with Crippen LogP contribution < -0.4 is 10.1 Å². The summed E-state index contributed by atoms with van der Waals surface area (Å²) in [7, 11) is 1.78. The number of nitrogens with one attached hydrogen (secondary N) is 1. The molecule has 3 amide bonds. The molecule has 0 unspecified atom stereocenters. The average Bonchev–Trinajstić information content (AvgIpc) is 3.06. The first-order chi connectivity index (χ1) is 22.2. The lowest BCUT2D eigenvalue weighted by Crippen LogP contribution is -2.48. The Morgan fingerprint density at radius 1 is 1.02 bits per heavy atom. The van der Waals surface area contributed by atoms with Gasteiger partial charge in [0.25, 0.3) is 11.8 Å². The fourth-order valence-electron chi connectivity index (χ4n) is 5.53. The third-order valence-corrected chi connectivity index (χ3v) is 8.42. The molecule has 0 aromatic heterocycles. The van der Waals surface area contributed by atoms with Gasteiger partial charge in [-0.3, -0.25) is 14.4 Å². The van der Waals surface area contributed by atoms with E-state index in [1.165, 1.54) is 0 Å². The number of hydrogen-bond donors (Lipinski definition) is 2.